The Labute approximate surface area is 80.6 Å². The molecule has 2 aliphatic rings. The predicted molar refractivity (Wildman–Crippen MR) is 53.1 cm³/mol. The first-order valence-corrected chi connectivity index (χ1v) is 5.20. The third-order valence-corrected chi connectivity index (χ3v) is 3.48. The summed E-state index contributed by atoms with van der Waals surface area (Å²) in [6.07, 6.45) is 0. The van der Waals surface area contributed by atoms with Gasteiger partial charge in [-0.25, -0.2) is 0 Å². The molecule has 0 saturated heterocycles. The zero-order valence-corrected chi connectivity index (χ0v) is 9.00. The molecule has 74 valence electrons. The van der Waals surface area contributed by atoms with Crippen molar-refractivity contribution in [2.75, 3.05) is 13.3 Å². The second kappa shape index (κ2) is 3.02. The minimum Gasteiger partial charge on any atom is -0.357 e. The Morgan fingerprint density at radius 3 is 2.62 bits per heavy atom. The molecular formula is C11H19NO. The third kappa shape index (κ3) is 1.19. The molecule has 0 spiro atoms. The first-order valence-electron chi connectivity index (χ1n) is 5.20. The summed E-state index contributed by atoms with van der Waals surface area (Å²) < 4.78 is 5.56. The van der Waals surface area contributed by atoms with Gasteiger partial charge in [-0.15, -0.1) is 0 Å². The first kappa shape index (κ1) is 9.07. The van der Waals surface area contributed by atoms with E-state index in [9.17, 15) is 0 Å². The molecule has 2 atom stereocenters. The molecule has 2 heteroatoms. The molecule has 2 nitrogen and oxygen atoms in total. The van der Waals surface area contributed by atoms with Crippen molar-refractivity contribution in [2.45, 2.75) is 33.7 Å². The van der Waals surface area contributed by atoms with Gasteiger partial charge in [0.1, 0.15) is 6.73 Å². The molecule has 0 aromatic rings. The highest BCUT2D eigenvalue weighted by atomic mass is 16.5. The molecule has 0 radical (unpaired) electrons. The maximum Gasteiger partial charge on any atom is 0.119 e. The van der Waals surface area contributed by atoms with E-state index in [1.807, 2.05) is 0 Å². The summed E-state index contributed by atoms with van der Waals surface area (Å²) >= 11 is 0. The Morgan fingerprint density at radius 1 is 1.31 bits per heavy atom. The van der Waals surface area contributed by atoms with E-state index in [2.05, 4.69) is 32.6 Å². The van der Waals surface area contributed by atoms with Gasteiger partial charge in [-0.2, -0.15) is 0 Å². The molecule has 0 N–H and O–H groups in total. The van der Waals surface area contributed by atoms with E-state index in [-0.39, 0.29) is 0 Å². The summed E-state index contributed by atoms with van der Waals surface area (Å²) in [5.41, 5.74) is 3.10. The monoisotopic (exact) mass is 181 g/mol. The molecule has 13 heavy (non-hydrogen) atoms. The second-order valence-corrected chi connectivity index (χ2v) is 4.53. The van der Waals surface area contributed by atoms with E-state index in [4.69, 9.17) is 4.74 Å². The number of ether oxygens (including phenoxy) is 1. The zero-order chi connectivity index (χ0) is 9.59. The standard InChI is InChI=1S/C11H19NO/c1-7(2)12-6-13-5-10-8(3)9(4)11(10)12/h7-9H,5-6H2,1-4H3. The minimum absolute atomic E-state index is 0.570. The predicted octanol–water partition coefficient (Wildman–Crippen LogP) is 2.22. The van der Waals surface area contributed by atoms with Crippen molar-refractivity contribution < 1.29 is 4.74 Å². The lowest BCUT2D eigenvalue weighted by atomic mass is 9.72. The molecule has 1 heterocycles. The number of nitrogens with zero attached hydrogens (tertiary/aromatic N) is 1. The van der Waals surface area contributed by atoms with Crippen LogP contribution in [0.4, 0.5) is 0 Å². The number of allylic oxidation sites excluding steroid dienone is 1. The smallest absolute Gasteiger partial charge is 0.119 e. The van der Waals surface area contributed by atoms with Crippen LogP contribution < -0.4 is 0 Å². The zero-order valence-electron chi connectivity index (χ0n) is 9.00. The lowest BCUT2D eigenvalue weighted by Gasteiger charge is -2.49. The highest BCUT2D eigenvalue weighted by Crippen LogP contribution is 2.44. The van der Waals surface area contributed by atoms with Crippen molar-refractivity contribution in [3.05, 3.63) is 11.3 Å². The van der Waals surface area contributed by atoms with Crippen LogP contribution in [0.1, 0.15) is 27.7 Å². The molecule has 2 rings (SSSR count). The number of rotatable bonds is 1. The highest BCUT2D eigenvalue weighted by Gasteiger charge is 2.39. The van der Waals surface area contributed by atoms with Crippen LogP contribution in [0, 0.1) is 11.8 Å². The molecule has 0 saturated carbocycles. The topological polar surface area (TPSA) is 12.5 Å². The number of hydrogen-bond donors (Lipinski definition) is 0. The van der Waals surface area contributed by atoms with Crippen LogP contribution in [0.25, 0.3) is 0 Å². The maximum atomic E-state index is 5.56. The summed E-state index contributed by atoms with van der Waals surface area (Å²) in [6, 6.07) is 0.570. The minimum atomic E-state index is 0.570. The molecule has 0 bridgehead atoms. The lowest BCUT2D eigenvalue weighted by Crippen LogP contribution is -2.47. The van der Waals surface area contributed by atoms with E-state index in [1.54, 1.807) is 5.70 Å². The fraction of sp³-hybridized carbons (Fsp3) is 0.818. The molecule has 0 aromatic carbocycles. The van der Waals surface area contributed by atoms with Crippen molar-refractivity contribution in [3.63, 3.8) is 0 Å². The van der Waals surface area contributed by atoms with Crippen molar-refractivity contribution in [2.24, 2.45) is 11.8 Å². The van der Waals surface area contributed by atoms with Crippen molar-refractivity contribution in [1.29, 1.82) is 0 Å². The quantitative estimate of drug-likeness (QED) is 0.615. The Morgan fingerprint density at radius 2 is 2.00 bits per heavy atom. The highest BCUT2D eigenvalue weighted by molar-refractivity contribution is 5.32. The van der Waals surface area contributed by atoms with Crippen LogP contribution in [-0.4, -0.2) is 24.3 Å². The Kier molecular flexibility index (Phi) is 2.11. The molecular weight excluding hydrogens is 162 g/mol. The Balaban J connectivity index is 2.24. The van der Waals surface area contributed by atoms with Crippen LogP contribution >= 0.6 is 0 Å². The average molecular weight is 181 g/mol. The van der Waals surface area contributed by atoms with E-state index in [1.165, 1.54) is 5.57 Å². The van der Waals surface area contributed by atoms with Gasteiger partial charge >= 0.3 is 0 Å². The average Bonchev–Trinajstić information content (AvgIpc) is 2.15. The Hall–Kier alpha value is -0.500. The number of hydrogen-bond acceptors (Lipinski definition) is 2. The largest absolute Gasteiger partial charge is 0.357 e. The van der Waals surface area contributed by atoms with Gasteiger partial charge in [0.05, 0.1) is 6.61 Å². The summed E-state index contributed by atoms with van der Waals surface area (Å²) in [6.45, 7) is 10.7. The van der Waals surface area contributed by atoms with Gasteiger partial charge in [0, 0.05) is 17.7 Å². The van der Waals surface area contributed by atoms with Crippen LogP contribution in [0.2, 0.25) is 0 Å². The first-order chi connectivity index (χ1) is 6.13. The van der Waals surface area contributed by atoms with Crippen molar-refractivity contribution in [1.82, 2.24) is 4.90 Å². The van der Waals surface area contributed by atoms with Gasteiger partial charge in [-0.1, -0.05) is 13.8 Å². The summed E-state index contributed by atoms with van der Waals surface area (Å²) in [7, 11) is 0. The van der Waals surface area contributed by atoms with Crippen LogP contribution in [0.15, 0.2) is 11.3 Å². The van der Waals surface area contributed by atoms with Crippen LogP contribution in [0.5, 0.6) is 0 Å². The lowest BCUT2D eigenvalue weighted by molar-refractivity contribution is -0.00980. The molecule has 0 fully saturated rings. The van der Waals surface area contributed by atoms with Gasteiger partial charge in [0.25, 0.3) is 0 Å². The SMILES string of the molecule is CC1C2=C(C1C)N(C(C)C)COC2. The normalized spacial score (nSPS) is 33.5. The second-order valence-electron chi connectivity index (χ2n) is 4.53. The fourth-order valence-electron chi connectivity index (χ4n) is 2.37. The van der Waals surface area contributed by atoms with Gasteiger partial charge in [-0.3, -0.25) is 0 Å². The van der Waals surface area contributed by atoms with E-state index in [0.29, 0.717) is 6.04 Å². The fourth-order valence-corrected chi connectivity index (χ4v) is 2.37. The van der Waals surface area contributed by atoms with E-state index < -0.39 is 0 Å². The van der Waals surface area contributed by atoms with Gasteiger partial charge in [0.2, 0.25) is 0 Å². The molecule has 0 aromatic heterocycles. The Bertz CT molecular complexity index is 244. The van der Waals surface area contributed by atoms with Gasteiger partial charge in [-0.05, 0) is 25.3 Å². The van der Waals surface area contributed by atoms with E-state index >= 15 is 0 Å². The third-order valence-electron chi connectivity index (χ3n) is 3.48. The van der Waals surface area contributed by atoms with Crippen LogP contribution in [-0.2, 0) is 4.74 Å². The summed E-state index contributed by atoms with van der Waals surface area (Å²) in [5, 5.41) is 0. The van der Waals surface area contributed by atoms with Crippen LogP contribution in [0.3, 0.4) is 0 Å². The summed E-state index contributed by atoms with van der Waals surface area (Å²) in [4.78, 5) is 2.39. The molecule has 0 amide bonds. The molecule has 1 aliphatic carbocycles. The van der Waals surface area contributed by atoms with Crippen molar-refractivity contribution >= 4 is 0 Å². The van der Waals surface area contributed by atoms with Gasteiger partial charge < -0.3 is 9.64 Å². The molecule has 2 unspecified atom stereocenters. The van der Waals surface area contributed by atoms with Gasteiger partial charge in [0.15, 0.2) is 0 Å². The maximum absolute atomic E-state index is 5.56. The summed E-state index contributed by atoms with van der Waals surface area (Å²) in [5.74, 6) is 1.47. The van der Waals surface area contributed by atoms with Crippen molar-refractivity contribution in [3.8, 4) is 0 Å². The molecule has 1 aliphatic heterocycles. The van der Waals surface area contributed by atoms with E-state index in [0.717, 1.165) is 25.2 Å².